The van der Waals surface area contributed by atoms with Crippen molar-refractivity contribution in [1.82, 2.24) is 14.5 Å². The van der Waals surface area contributed by atoms with Gasteiger partial charge < -0.3 is 5.73 Å². The normalized spacial score (nSPS) is 11.1. The molecule has 3 aromatic rings. The largest absolute Gasteiger partial charge is 0.369 e. The number of rotatable bonds is 2. The van der Waals surface area contributed by atoms with Gasteiger partial charge in [0.2, 0.25) is 5.95 Å². The van der Waals surface area contributed by atoms with E-state index in [1.54, 1.807) is 18.0 Å². The first kappa shape index (κ1) is 12.0. The van der Waals surface area contributed by atoms with E-state index in [2.05, 4.69) is 28.4 Å². The van der Waals surface area contributed by atoms with Crippen LogP contribution < -0.4 is 5.73 Å². The van der Waals surface area contributed by atoms with Crippen LogP contribution in [0.5, 0.6) is 0 Å². The molecule has 2 heterocycles. The Kier molecular flexibility index (Phi) is 2.91. The maximum absolute atomic E-state index is 6.03. The number of anilines is 1. The summed E-state index contributed by atoms with van der Waals surface area (Å²) < 4.78 is 1.88. The van der Waals surface area contributed by atoms with Gasteiger partial charge in [-0.1, -0.05) is 0 Å². The second kappa shape index (κ2) is 4.59. The molecule has 0 saturated heterocycles. The smallest absolute Gasteiger partial charge is 0.207 e. The second-order valence-electron chi connectivity index (χ2n) is 4.30. The summed E-state index contributed by atoms with van der Waals surface area (Å²) in [4.78, 5) is 10.0. The number of aryl methyl sites for hydroxylation is 1. The maximum Gasteiger partial charge on any atom is 0.207 e. The Labute approximate surface area is 115 Å². The lowest BCUT2D eigenvalue weighted by Crippen LogP contribution is -2.01. The first-order valence-corrected chi connectivity index (χ1v) is 7.17. The summed E-state index contributed by atoms with van der Waals surface area (Å²) in [5.74, 6) is 0.466. The molecular weight excluding hydrogens is 256 g/mol. The molecule has 0 aliphatic rings. The van der Waals surface area contributed by atoms with Crippen LogP contribution in [0.4, 0.5) is 5.95 Å². The van der Waals surface area contributed by atoms with Crippen molar-refractivity contribution in [3.05, 3.63) is 42.1 Å². The molecule has 0 fully saturated rings. The van der Waals surface area contributed by atoms with Gasteiger partial charge in [-0.2, -0.15) is 0 Å². The van der Waals surface area contributed by atoms with Crippen LogP contribution in [0.2, 0.25) is 0 Å². The Hall–Kier alpha value is -2.01. The van der Waals surface area contributed by atoms with Crippen LogP contribution in [0.25, 0.3) is 16.9 Å². The predicted molar refractivity (Wildman–Crippen MR) is 79.8 cm³/mol. The Morgan fingerprint density at radius 2 is 1.89 bits per heavy atom. The Balaban J connectivity index is 2.23. The minimum absolute atomic E-state index is 0.466. The third-order valence-corrected chi connectivity index (χ3v) is 3.85. The summed E-state index contributed by atoms with van der Waals surface area (Å²) in [7, 11) is 0. The van der Waals surface area contributed by atoms with Gasteiger partial charge in [0.15, 0.2) is 5.65 Å². The molecule has 0 aliphatic carbocycles. The highest BCUT2D eigenvalue weighted by Crippen LogP contribution is 2.24. The number of pyridine rings is 1. The zero-order chi connectivity index (χ0) is 13.4. The highest BCUT2D eigenvalue weighted by molar-refractivity contribution is 7.98. The average molecular weight is 270 g/mol. The molecule has 96 valence electrons. The molecule has 0 radical (unpaired) electrons. The van der Waals surface area contributed by atoms with E-state index in [1.165, 1.54) is 4.90 Å². The van der Waals surface area contributed by atoms with Gasteiger partial charge in [0.1, 0.15) is 5.52 Å². The number of nitrogens with zero attached hydrogens (tertiary/aromatic N) is 3. The van der Waals surface area contributed by atoms with E-state index in [9.17, 15) is 0 Å². The van der Waals surface area contributed by atoms with Gasteiger partial charge in [-0.15, -0.1) is 11.8 Å². The number of fused-ring (bicyclic) bond motifs is 1. The molecule has 0 spiro atoms. The third kappa shape index (κ3) is 1.96. The molecule has 4 nitrogen and oxygen atoms in total. The molecule has 5 heteroatoms. The topological polar surface area (TPSA) is 56.7 Å². The number of benzene rings is 1. The van der Waals surface area contributed by atoms with E-state index in [1.807, 2.05) is 29.7 Å². The minimum Gasteiger partial charge on any atom is -0.369 e. The van der Waals surface area contributed by atoms with Crippen LogP contribution in [0, 0.1) is 6.92 Å². The molecule has 2 aromatic heterocycles. The maximum atomic E-state index is 6.03. The van der Waals surface area contributed by atoms with Crippen LogP contribution >= 0.6 is 11.8 Å². The van der Waals surface area contributed by atoms with Crippen molar-refractivity contribution in [1.29, 1.82) is 0 Å². The number of hydrogen-bond donors (Lipinski definition) is 1. The van der Waals surface area contributed by atoms with Gasteiger partial charge in [-0.25, -0.2) is 9.97 Å². The predicted octanol–water partition coefficient (Wildman–Crippen LogP) is 3.03. The summed E-state index contributed by atoms with van der Waals surface area (Å²) in [5, 5.41) is 0. The molecule has 3 rings (SSSR count). The number of aromatic nitrogens is 3. The summed E-state index contributed by atoms with van der Waals surface area (Å²) in [5.41, 5.74) is 9.75. The molecule has 0 unspecified atom stereocenters. The number of nitrogens with two attached hydrogens (primary N) is 1. The Morgan fingerprint density at radius 3 is 2.58 bits per heavy atom. The zero-order valence-electron chi connectivity index (χ0n) is 10.8. The van der Waals surface area contributed by atoms with E-state index >= 15 is 0 Å². The standard InChI is InChI=1S/C14H14N4S/c1-9-7-8-16-13-12(9)17-14(15)18(13)10-3-5-11(19-2)6-4-10/h3-8H,1-2H3,(H2,15,17). The van der Waals surface area contributed by atoms with Gasteiger partial charge in [-0.3, -0.25) is 4.57 Å². The lowest BCUT2D eigenvalue weighted by atomic mass is 10.2. The van der Waals surface area contributed by atoms with E-state index < -0.39 is 0 Å². The lowest BCUT2D eigenvalue weighted by Gasteiger charge is -2.06. The molecule has 0 saturated carbocycles. The average Bonchev–Trinajstić information content (AvgIpc) is 2.77. The quantitative estimate of drug-likeness (QED) is 0.727. The van der Waals surface area contributed by atoms with Crippen LogP contribution in [-0.4, -0.2) is 20.8 Å². The minimum atomic E-state index is 0.466. The summed E-state index contributed by atoms with van der Waals surface area (Å²) in [6, 6.07) is 10.2. The zero-order valence-corrected chi connectivity index (χ0v) is 11.6. The van der Waals surface area contributed by atoms with Gasteiger partial charge >= 0.3 is 0 Å². The molecule has 1 aromatic carbocycles. The van der Waals surface area contributed by atoms with Crippen molar-refractivity contribution in [2.45, 2.75) is 11.8 Å². The monoisotopic (exact) mass is 270 g/mol. The first-order chi connectivity index (χ1) is 9.20. The fourth-order valence-corrected chi connectivity index (χ4v) is 2.51. The van der Waals surface area contributed by atoms with Crippen molar-refractivity contribution in [3.63, 3.8) is 0 Å². The highest BCUT2D eigenvalue weighted by Gasteiger charge is 2.12. The van der Waals surface area contributed by atoms with Crippen molar-refractivity contribution in [2.24, 2.45) is 0 Å². The summed E-state index contributed by atoms with van der Waals surface area (Å²) >= 11 is 1.71. The van der Waals surface area contributed by atoms with Crippen molar-refractivity contribution in [2.75, 3.05) is 12.0 Å². The molecular formula is C14H14N4S. The van der Waals surface area contributed by atoms with Crippen LogP contribution in [-0.2, 0) is 0 Å². The highest BCUT2D eigenvalue weighted by atomic mass is 32.2. The number of hydrogen-bond acceptors (Lipinski definition) is 4. The number of nitrogen functional groups attached to an aromatic ring is 1. The van der Waals surface area contributed by atoms with Crippen LogP contribution in [0.1, 0.15) is 5.56 Å². The molecule has 0 amide bonds. The fraction of sp³-hybridized carbons (Fsp3) is 0.143. The third-order valence-electron chi connectivity index (χ3n) is 3.10. The van der Waals surface area contributed by atoms with Gasteiger partial charge in [-0.05, 0) is 49.1 Å². The van der Waals surface area contributed by atoms with E-state index in [-0.39, 0.29) is 0 Å². The first-order valence-electron chi connectivity index (χ1n) is 5.94. The fourth-order valence-electron chi connectivity index (χ4n) is 2.10. The molecule has 2 N–H and O–H groups in total. The summed E-state index contributed by atoms with van der Waals surface area (Å²) in [6.45, 7) is 2.01. The van der Waals surface area contributed by atoms with Gasteiger partial charge in [0.25, 0.3) is 0 Å². The number of imidazole rings is 1. The van der Waals surface area contributed by atoms with Crippen LogP contribution in [0.15, 0.2) is 41.4 Å². The molecule has 0 atom stereocenters. The van der Waals surface area contributed by atoms with E-state index in [0.717, 1.165) is 22.4 Å². The number of thioether (sulfide) groups is 1. The molecule has 0 aliphatic heterocycles. The van der Waals surface area contributed by atoms with E-state index in [4.69, 9.17) is 5.73 Å². The summed E-state index contributed by atoms with van der Waals surface area (Å²) in [6.07, 6.45) is 3.84. The Bertz CT molecular complexity index is 731. The van der Waals surface area contributed by atoms with Gasteiger partial charge in [0.05, 0.1) is 5.69 Å². The van der Waals surface area contributed by atoms with E-state index in [0.29, 0.717) is 5.95 Å². The molecule has 19 heavy (non-hydrogen) atoms. The van der Waals surface area contributed by atoms with Crippen molar-refractivity contribution < 1.29 is 0 Å². The second-order valence-corrected chi connectivity index (χ2v) is 5.18. The lowest BCUT2D eigenvalue weighted by molar-refractivity contribution is 1.08. The molecule has 0 bridgehead atoms. The van der Waals surface area contributed by atoms with Crippen LogP contribution in [0.3, 0.4) is 0 Å². The Morgan fingerprint density at radius 1 is 1.16 bits per heavy atom. The van der Waals surface area contributed by atoms with Crippen molar-refractivity contribution in [3.8, 4) is 5.69 Å². The SMILES string of the molecule is CSc1ccc(-n2c(N)nc3c(C)ccnc32)cc1. The van der Waals surface area contributed by atoms with Gasteiger partial charge in [0, 0.05) is 11.1 Å². The van der Waals surface area contributed by atoms with Crippen molar-refractivity contribution >= 4 is 28.9 Å².